The molecular formula is C23H43NOS2. The second-order valence-corrected chi connectivity index (χ2v) is 9.85. The number of hydrogen-bond donors (Lipinski definition) is 0. The van der Waals surface area contributed by atoms with Gasteiger partial charge in [-0.1, -0.05) is 128 Å². The highest BCUT2D eigenvalue weighted by molar-refractivity contribution is 8.23. The van der Waals surface area contributed by atoms with Gasteiger partial charge in [0.25, 0.3) is 0 Å². The van der Waals surface area contributed by atoms with Gasteiger partial charge in [-0.2, -0.15) is 0 Å². The van der Waals surface area contributed by atoms with Crippen LogP contribution in [0.1, 0.15) is 117 Å². The van der Waals surface area contributed by atoms with E-state index in [1.54, 1.807) is 11.8 Å². The van der Waals surface area contributed by atoms with Crippen LogP contribution in [0.2, 0.25) is 0 Å². The normalized spacial score (nSPS) is 15.7. The van der Waals surface area contributed by atoms with Crippen molar-refractivity contribution < 1.29 is 4.79 Å². The Hall–Kier alpha value is -0.0900. The van der Waals surface area contributed by atoms with E-state index in [-0.39, 0.29) is 5.91 Å². The number of carbonyl (C=O) groups is 1. The molecule has 1 aliphatic rings. The summed E-state index contributed by atoms with van der Waals surface area (Å²) in [5.41, 5.74) is 0. The van der Waals surface area contributed by atoms with E-state index >= 15 is 0 Å². The van der Waals surface area contributed by atoms with Crippen molar-refractivity contribution >= 4 is 34.2 Å². The largest absolute Gasteiger partial charge is 0.297 e. The van der Waals surface area contributed by atoms with Crippen molar-refractivity contribution in [2.45, 2.75) is 117 Å². The molecule has 1 aliphatic heterocycles. The summed E-state index contributed by atoms with van der Waals surface area (Å²) in [6.45, 7) is 5.42. The fourth-order valence-electron chi connectivity index (χ4n) is 3.92. The third-order valence-corrected chi connectivity index (χ3v) is 7.15. The number of thioether (sulfide) groups is 1. The van der Waals surface area contributed by atoms with E-state index in [2.05, 4.69) is 13.8 Å². The van der Waals surface area contributed by atoms with Crippen LogP contribution in [-0.2, 0) is 4.79 Å². The molecule has 1 saturated heterocycles. The van der Waals surface area contributed by atoms with E-state index in [9.17, 15) is 4.79 Å². The lowest BCUT2D eigenvalue weighted by Gasteiger charge is -2.23. The summed E-state index contributed by atoms with van der Waals surface area (Å²) in [4.78, 5) is 14.0. The Bertz CT molecular complexity index is 384. The van der Waals surface area contributed by atoms with E-state index in [0.29, 0.717) is 11.7 Å². The van der Waals surface area contributed by atoms with Crippen LogP contribution in [0.4, 0.5) is 0 Å². The minimum absolute atomic E-state index is 0.230. The summed E-state index contributed by atoms with van der Waals surface area (Å²) < 4.78 is 0.809. The Morgan fingerprint density at radius 2 is 1.26 bits per heavy atom. The number of rotatable bonds is 18. The molecule has 1 heterocycles. The minimum Gasteiger partial charge on any atom is -0.297 e. The molecule has 4 heteroatoms. The fourth-order valence-corrected chi connectivity index (χ4v) is 5.01. The minimum atomic E-state index is 0.230. The zero-order valence-electron chi connectivity index (χ0n) is 18.0. The molecule has 0 saturated carbocycles. The lowest BCUT2D eigenvalue weighted by molar-refractivity contribution is -0.124. The van der Waals surface area contributed by atoms with Crippen molar-refractivity contribution in [2.24, 2.45) is 5.92 Å². The van der Waals surface area contributed by atoms with Crippen molar-refractivity contribution in [2.75, 3.05) is 12.3 Å². The monoisotopic (exact) mass is 413 g/mol. The van der Waals surface area contributed by atoms with Gasteiger partial charge in [-0.25, -0.2) is 0 Å². The first-order valence-corrected chi connectivity index (χ1v) is 13.1. The molecule has 0 spiro atoms. The maximum atomic E-state index is 12.1. The number of hydrogen-bond acceptors (Lipinski definition) is 3. The molecule has 0 aromatic carbocycles. The molecule has 1 fully saturated rings. The Morgan fingerprint density at radius 1 is 0.815 bits per heavy atom. The van der Waals surface area contributed by atoms with Crippen LogP contribution < -0.4 is 0 Å². The Labute approximate surface area is 178 Å². The van der Waals surface area contributed by atoms with Crippen LogP contribution in [0, 0.1) is 5.92 Å². The average Bonchev–Trinajstić information content (AvgIpc) is 2.98. The summed E-state index contributed by atoms with van der Waals surface area (Å²) in [6, 6.07) is 0. The zero-order valence-corrected chi connectivity index (χ0v) is 19.6. The zero-order chi connectivity index (χ0) is 19.7. The average molecular weight is 414 g/mol. The van der Waals surface area contributed by atoms with Gasteiger partial charge in [0, 0.05) is 6.54 Å². The summed E-state index contributed by atoms with van der Waals surface area (Å²) in [5, 5.41) is 0. The van der Waals surface area contributed by atoms with E-state index in [1.165, 1.54) is 103 Å². The first-order valence-electron chi connectivity index (χ1n) is 11.7. The number of nitrogens with zero attached hydrogens (tertiary/aromatic N) is 1. The molecule has 1 atom stereocenters. The summed E-state index contributed by atoms with van der Waals surface area (Å²) in [6.07, 6.45) is 21.6. The Morgan fingerprint density at radius 3 is 1.67 bits per heavy atom. The van der Waals surface area contributed by atoms with Gasteiger partial charge in [-0.05, 0) is 18.8 Å². The molecule has 1 unspecified atom stereocenters. The van der Waals surface area contributed by atoms with Crippen LogP contribution >= 0.6 is 24.0 Å². The topological polar surface area (TPSA) is 20.3 Å². The number of amides is 1. The van der Waals surface area contributed by atoms with Gasteiger partial charge in [0.1, 0.15) is 4.32 Å². The third-order valence-electron chi connectivity index (χ3n) is 5.71. The van der Waals surface area contributed by atoms with Gasteiger partial charge < -0.3 is 0 Å². The van der Waals surface area contributed by atoms with Crippen LogP contribution in [0.5, 0.6) is 0 Å². The van der Waals surface area contributed by atoms with Gasteiger partial charge in [-0.15, -0.1) is 0 Å². The van der Waals surface area contributed by atoms with Gasteiger partial charge in [0.15, 0.2) is 0 Å². The van der Waals surface area contributed by atoms with Crippen molar-refractivity contribution in [1.82, 2.24) is 4.90 Å². The van der Waals surface area contributed by atoms with Crippen molar-refractivity contribution in [1.29, 1.82) is 0 Å². The van der Waals surface area contributed by atoms with Crippen LogP contribution in [-0.4, -0.2) is 27.4 Å². The van der Waals surface area contributed by atoms with E-state index in [1.807, 2.05) is 4.90 Å². The van der Waals surface area contributed by atoms with Crippen LogP contribution in [0.15, 0.2) is 0 Å². The molecular weight excluding hydrogens is 370 g/mol. The molecule has 0 aromatic rings. The molecule has 0 radical (unpaired) electrons. The van der Waals surface area contributed by atoms with E-state index in [0.717, 1.165) is 10.9 Å². The van der Waals surface area contributed by atoms with Crippen LogP contribution in [0.3, 0.4) is 0 Å². The highest BCUT2D eigenvalue weighted by Gasteiger charge is 2.28. The predicted octanol–water partition coefficient (Wildman–Crippen LogP) is 7.74. The first-order chi connectivity index (χ1) is 13.2. The molecule has 0 aliphatic carbocycles. The molecule has 0 bridgehead atoms. The molecule has 0 aromatic heterocycles. The third kappa shape index (κ3) is 12.2. The first kappa shape index (κ1) is 24.9. The van der Waals surface area contributed by atoms with Gasteiger partial charge >= 0.3 is 0 Å². The van der Waals surface area contributed by atoms with E-state index in [4.69, 9.17) is 12.2 Å². The quantitative estimate of drug-likeness (QED) is 0.169. The highest BCUT2D eigenvalue weighted by Crippen LogP contribution is 2.25. The SMILES string of the molecule is CCCCCCCCCCC(CCCCCCCC)CN1C(=O)CSC1=S. The Kier molecular flexibility index (Phi) is 15.5. The molecule has 158 valence electrons. The predicted molar refractivity (Wildman–Crippen MR) is 125 cm³/mol. The van der Waals surface area contributed by atoms with Crippen LogP contribution in [0.25, 0.3) is 0 Å². The van der Waals surface area contributed by atoms with Crippen molar-refractivity contribution in [3.63, 3.8) is 0 Å². The fraction of sp³-hybridized carbons (Fsp3) is 0.913. The van der Waals surface area contributed by atoms with Crippen molar-refractivity contribution in [3.05, 3.63) is 0 Å². The van der Waals surface area contributed by atoms with Gasteiger partial charge in [-0.3, -0.25) is 9.69 Å². The summed E-state index contributed by atoms with van der Waals surface area (Å²) in [5.74, 6) is 1.42. The molecule has 0 N–H and O–H groups in total. The Balaban J connectivity index is 2.25. The second-order valence-electron chi connectivity index (χ2n) is 8.24. The highest BCUT2D eigenvalue weighted by atomic mass is 32.2. The summed E-state index contributed by atoms with van der Waals surface area (Å²) >= 11 is 6.93. The lowest BCUT2D eigenvalue weighted by atomic mass is 9.93. The molecule has 27 heavy (non-hydrogen) atoms. The van der Waals surface area contributed by atoms with Gasteiger partial charge in [0.2, 0.25) is 5.91 Å². The molecule has 1 amide bonds. The second kappa shape index (κ2) is 16.8. The maximum Gasteiger partial charge on any atom is 0.238 e. The van der Waals surface area contributed by atoms with Gasteiger partial charge in [0.05, 0.1) is 5.75 Å². The van der Waals surface area contributed by atoms with E-state index < -0.39 is 0 Å². The number of thiocarbonyl (C=S) groups is 1. The number of carbonyl (C=O) groups excluding carboxylic acids is 1. The van der Waals surface area contributed by atoms with Crippen molar-refractivity contribution in [3.8, 4) is 0 Å². The maximum absolute atomic E-state index is 12.1. The lowest BCUT2D eigenvalue weighted by Crippen LogP contribution is -2.33. The molecule has 2 nitrogen and oxygen atoms in total. The number of unbranched alkanes of at least 4 members (excludes halogenated alkanes) is 12. The smallest absolute Gasteiger partial charge is 0.238 e. The summed E-state index contributed by atoms with van der Waals surface area (Å²) in [7, 11) is 0. The standard InChI is InChI=1S/C23H43NOS2/c1-3-5-7-9-11-12-14-16-18-21(17-15-13-10-8-6-4-2)19-24-22(25)20-27-23(24)26/h21H,3-20H2,1-2H3. The molecule has 1 rings (SSSR count).